The van der Waals surface area contributed by atoms with Gasteiger partial charge in [0.25, 0.3) is 0 Å². The van der Waals surface area contributed by atoms with Gasteiger partial charge in [-0.2, -0.15) is 5.26 Å². The van der Waals surface area contributed by atoms with Crippen molar-refractivity contribution in [2.24, 2.45) is 0 Å². The second-order valence-electron chi connectivity index (χ2n) is 6.48. The third-order valence-electron chi connectivity index (χ3n) is 3.68. The Morgan fingerprint density at radius 2 is 2.13 bits per heavy atom. The maximum absolute atomic E-state index is 9.21. The molecule has 2 N–H and O–H groups in total. The van der Waals surface area contributed by atoms with Crippen molar-refractivity contribution in [2.45, 2.75) is 38.2 Å². The number of hydrogen-bond acceptors (Lipinski definition) is 5. The van der Waals surface area contributed by atoms with E-state index < -0.39 is 0 Å². The number of fused-ring (bicyclic) bond motifs is 1. The van der Waals surface area contributed by atoms with Gasteiger partial charge < -0.3 is 14.2 Å². The summed E-state index contributed by atoms with van der Waals surface area (Å²) in [6, 6.07) is 8.15. The van der Waals surface area contributed by atoms with E-state index in [1.54, 1.807) is 6.20 Å². The van der Waals surface area contributed by atoms with Crippen LogP contribution >= 0.6 is 11.9 Å². The van der Waals surface area contributed by atoms with Crippen LogP contribution in [0.1, 0.15) is 37.6 Å². The number of aromatic amines is 1. The zero-order chi connectivity index (χ0) is 16.6. The molecule has 3 rings (SSSR count). The lowest BCUT2D eigenvalue weighted by molar-refractivity contribution is 0.335. The van der Waals surface area contributed by atoms with E-state index in [9.17, 15) is 5.26 Å². The maximum Gasteiger partial charge on any atom is 0.213 e. The summed E-state index contributed by atoms with van der Waals surface area (Å²) in [6.45, 7) is 8.29. The highest BCUT2D eigenvalue weighted by Crippen LogP contribution is 2.32. The van der Waals surface area contributed by atoms with E-state index in [1.165, 1.54) is 11.9 Å². The Bertz CT molecular complexity index is 896. The zero-order valence-corrected chi connectivity index (χ0v) is 14.3. The van der Waals surface area contributed by atoms with Gasteiger partial charge in [0, 0.05) is 35.0 Å². The molecule has 1 aromatic carbocycles. The molecule has 0 aliphatic heterocycles. The number of nitriles is 1. The minimum atomic E-state index is -0.0411. The van der Waals surface area contributed by atoms with E-state index in [0.717, 1.165) is 27.8 Å². The summed E-state index contributed by atoms with van der Waals surface area (Å²) in [5, 5.41) is 15.0. The van der Waals surface area contributed by atoms with Gasteiger partial charge in [-0.25, -0.2) is 0 Å². The molecule has 23 heavy (non-hydrogen) atoms. The van der Waals surface area contributed by atoms with Gasteiger partial charge in [-0.3, -0.25) is 0 Å². The van der Waals surface area contributed by atoms with Crippen LogP contribution in [-0.4, -0.2) is 10.1 Å². The van der Waals surface area contributed by atoms with Crippen LogP contribution in [0.25, 0.3) is 10.9 Å². The molecule has 3 aromatic rings. The molecule has 0 saturated heterocycles. The fourth-order valence-electron chi connectivity index (χ4n) is 2.36. The monoisotopic (exact) mass is 326 g/mol. The number of aromatic nitrogens is 2. The summed E-state index contributed by atoms with van der Waals surface area (Å²) < 4.78 is 8.64. The largest absolute Gasteiger partial charge is 0.358 e. The fourth-order valence-corrected chi connectivity index (χ4v) is 2.98. The van der Waals surface area contributed by atoms with Gasteiger partial charge in [0.1, 0.15) is 6.07 Å². The topological polar surface area (TPSA) is 77.6 Å². The number of benzene rings is 1. The van der Waals surface area contributed by atoms with Crippen molar-refractivity contribution in [1.29, 1.82) is 5.26 Å². The van der Waals surface area contributed by atoms with Crippen LogP contribution in [0.15, 0.2) is 34.0 Å². The van der Waals surface area contributed by atoms with Crippen molar-refractivity contribution in [3.63, 3.8) is 0 Å². The number of aryl methyl sites for hydroxylation is 1. The molecule has 0 spiro atoms. The average Bonchev–Trinajstić information content (AvgIpc) is 3.13. The van der Waals surface area contributed by atoms with Gasteiger partial charge in [0.05, 0.1) is 22.5 Å². The van der Waals surface area contributed by atoms with Crippen LogP contribution in [0, 0.1) is 18.3 Å². The van der Waals surface area contributed by atoms with Crippen LogP contribution in [0.3, 0.4) is 0 Å². The van der Waals surface area contributed by atoms with Crippen molar-refractivity contribution in [3.05, 3.63) is 41.2 Å². The maximum atomic E-state index is 9.21. The first-order chi connectivity index (χ1) is 10.9. The van der Waals surface area contributed by atoms with Crippen LogP contribution in [0.5, 0.6) is 0 Å². The Kier molecular flexibility index (Phi) is 3.82. The number of hydrogen-bond donors (Lipinski definition) is 2. The van der Waals surface area contributed by atoms with E-state index in [0.29, 0.717) is 10.7 Å². The predicted molar refractivity (Wildman–Crippen MR) is 92.4 cm³/mol. The summed E-state index contributed by atoms with van der Waals surface area (Å²) in [5.41, 5.74) is 4.43. The Balaban J connectivity index is 1.86. The molecule has 5 nitrogen and oxygen atoms in total. The van der Waals surface area contributed by atoms with Crippen molar-refractivity contribution in [2.75, 3.05) is 4.72 Å². The van der Waals surface area contributed by atoms with Crippen LogP contribution < -0.4 is 4.72 Å². The number of nitrogens with one attached hydrogen (secondary N) is 2. The number of anilines is 1. The van der Waals surface area contributed by atoms with E-state index in [2.05, 4.69) is 41.7 Å². The van der Waals surface area contributed by atoms with E-state index in [-0.39, 0.29) is 5.41 Å². The SMILES string of the molecule is Cc1ccc(NSc2cc(C(C)(C)C)no2)c2[nH]cc(C#N)c12. The highest BCUT2D eigenvalue weighted by atomic mass is 32.2. The smallest absolute Gasteiger partial charge is 0.213 e. The van der Waals surface area contributed by atoms with Crippen LogP contribution in [-0.2, 0) is 5.41 Å². The minimum absolute atomic E-state index is 0.0411. The quantitative estimate of drug-likeness (QED) is 0.679. The Morgan fingerprint density at radius 3 is 2.78 bits per heavy atom. The summed E-state index contributed by atoms with van der Waals surface area (Å²) in [6.07, 6.45) is 1.74. The van der Waals surface area contributed by atoms with Gasteiger partial charge in [-0.05, 0) is 18.6 Å². The number of H-pyrrole nitrogens is 1. The summed E-state index contributed by atoms with van der Waals surface area (Å²) in [7, 11) is 0. The van der Waals surface area contributed by atoms with E-state index in [4.69, 9.17) is 4.52 Å². The molecule has 0 bridgehead atoms. The van der Waals surface area contributed by atoms with Gasteiger partial charge in [-0.1, -0.05) is 32.0 Å². The second-order valence-corrected chi connectivity index (χ2v) is 7.29. The van der Waals surface area contributed by atoms with Gasteiger partial charge >= 0.3 is 0 Å². The Morgan fingerprint density at radius 1 is 1.35 bits per heavy atom. The first-order valence-corrected chi connectivity index (χ1v) is 8.12. The van der Waals surface area contributed by atoms with E-state index in [1.807, 2.05) is 25.1 Å². The number of rotatable bonds is 3. The number of nitrogens with zero attached hydrogens (tertiary/aromatic N) is 2. The second kappa shape index (κ2) is 5.67. The first kappa shape index (κ1) is 15.5. The lowest BCUT2D eigenvalue weighted by Gasteiger charge is -2.12. The standard InChI is InChI=1S/C17H18N4OS/c1-10-5-6-12(16-15(10)11(8-18)9-19-16)21-23-14-7-13(20-22-14)17(2,3)4/h5-7,9,19,21H,1-4H3. The lowest BCUT2D eigenvalue weighted by Crippen LogP contribution is -2.10. The third kappa shape index (κ3) is 2.92. The molecule has 0 amide bonds. The molecule has 0 fully saturated rings. The Labute approximate surface area is 139 Å². The van der Waals surface area contributed by atoms with Crippen molar-refractivity contribution < 1.29 is 4.52 Å². The molecule has 6 heteroatoms. The lowest BCUT2D eigenvalue weighted by atomic mass is 9.93. The molecule has 0 unspecified atom stereocenters. The molecule has 2 heterocycles. The molecule has 0 aliphatic rings. The van der Waals surface area contributed by atoms with Crippen LogP contribution in [0.2, 0.25) is 0 Å². The summed E-state index contributed by atoms with van der Waals surface area (Å²) in [4.78, 5) is 3.17. The average molecular weight is 326 g/mol. The molecule has 0 saturated carbocycles. The van der Waals surface area contributed by atoms with Crippen molar-refractivity contribution >= 4 is 28.5 Å². The normalized spacial score (nSPS) is 11.6. The molecule has 118 valence electrons. The van der Waals surface area contributed by atoms with Crippen molar-refractivity contribution in [3.8, 4) is 6.07 Å². The van der Waals surface area contributed by atoms with Crippen molar-refractivity contribution in [1.82, 2.24) is 10.1 Å². The van der Waals surface area contributed by atoms with E-state index >= 15 is 0 Å². The third-order valence-corrected chi connectivity index (χ3v) is 4.40. The fraction of sp³-hybridized carbons (Fsp3) is 0.294. The Hall–Kier alpha value is -2.39. The highest BCUT2D eigenvalue weighted by molar-refractivity contribution is 8.00. The minimum Gasteiger partial charge on any atom is -0.358 e. The van der Waals surface area contributed by atoms with Gasteiger partial charge in [0.2, 0.25) is 5.09 Å². The van der Waals surface area contributed by atoms with Crippen LogP contribution in [0.4, 0.5) is 5.69 Å². The first-order valence-electron chi connectivity index (χ1n) is 7.31. The molecule has 2 aromatic heterocycles. The summed E-state index contributed by atoms with van der Waals surface area (Å²) >= 11 is 1.37. The molecular formula is C17H18N4OS. The van der Waals surface area contributed by atoms with Gasteiger partial charge in [0.15, 0.2) is 0 Å². The predicted octanol–water partition coefficient (Wildman–Crippen LogP) is 4.75. The van der Waals surface area contributed by atoms with Gasteiger partial charge in [-0.15, -0.1) is 0 Å². The summed E-state index contributed by atoms with van der Waals surface area (Å²) in [5.74, 6) is 0. The molecule has 0 atom stereocenters. The molecular weight excluding hydrogens is 308 g/mol. The highest BCUT2D eigenvalue weighted by Gasteiger charge is 2.19. The molecule has 0 aliphatic carbocycles. The zero-order valence-electron chi connectivity index (χ0n) is 13.5. The molecule has 0 radical (unpaired) electrons.